The maximum atomic E-state index is 11.0. The number of hydrogen-bond acceptors (Lipinski definition) is 2. The highest BCUT2D eigenvalue weighted by atomic mass is 16.2. The van der Waals surface area contributed by atoms with Gasteiger partial charge in [0.1, 0.15) is 0 Å². The van der Waals surface area contributed by atoms with Crippen LogP contribution >= 0.6 is 0 Å². The Morgan fingerprint density at radius 2 is 2.29 bits per heavy atom. The second-order valence-electron chi connectivity index (χ2n) is 3.26. The smallest absolute Gasteiger partial charge is 0.325 e. The first-order valence-electron chi connectivity index (χ1n) is 4.34. The molecule has 1 aromatic rings. The third-order valence-corrected chi connectivity index (χ3v) is 1.94. The standard InChI is InChI=1S/C11H12N2O/c1-9-4-3-5-10(6-9)8-13(2)11(14)7-12/h3-6H,8H2,1-2H3. The molecule has 72 valence electrons. The first kappa shape index (κ1) is 10.3. The van der Waals surface area contributed by atoms with E-state index in [9.17, 15) is 4.79 Å². The van der Waals surface area contributed by atoms with Crippen LogP contribution in [0.1, 0.15) is 11.1 Å². The molecule has 0 saturated heterocycles. The van der Waals surface area contributed by atoms with Crippen molar-refractivity contribution in [2.45, 2.75) is 13.5 Å². The molecule has 3 nitrogen and oxygen atoms in total. The molecule has 0 heterocycles. The number of aryl methyl sites for hydroxylation is 1. The summed E-state index contributed by atoms with van der Waals surface area (Å²) < 4.78 is 0. The largest absolute Gasteiger partial charge is 0.329 e. The summed E-state index contributed by atoms with van der Waals surface area (Å²) in [7, 11) is 1.62. The molecule has 0 aromatic heterocycles. The summed E-state index contributed by atoms with van der Waals surface area (Å²) in [6.07, 6.45) is 0. The van der Waals surface area contributed by atoms with Gasteiger partial charge in [0, 0.05) is 13.6 Å². The Labute approximate surface area is 83.6 Å². The van der Waals surface area contributed by atoms with Crippen molar-refractivity contribution in [2.75, 3.05) is 7.05 Å². The molecular formula is C11H12N2O. The highest BCUT2D eigenvalue weighted by Crippen LogP contribution is 2.06. The lowest BCUT2D eigenvalue weighted by Crippen LogP contribution is -2.24. The van der Waals surface area contributed by atoms with Gasteiger partial charge in [-0.2, -0.15) is 5.26 Å². The van der Waals surface area contributed by atoms with Crippen LogP contribution < -0.4 is 0 Å². The van der Waals surface area contributed by atoms with E-state index in [0.29, 0.717) is 6.54 Å². The molecule has 0 saturated carbocycles. The summed E-state index contributed by atoms with van der Waals surface area (Å²) in [5.74, 6) is -0.508. The predicted molar refractivity (Wildman–Crippen MR) is 53.3 cm³/mol. The van der Waals surface area contributed by atoms with Gasteiger partial charge < -0.3 is 4.90 Å². The molecule has 0 atom stereocenters. The Morgan fingerprint density at radius 3 is 2.86 bits per heavy atom. The third kappa shape index (κ3) is 2.60. The van der Waals surface area contributed by atoms with Crippen molar-refractivity contribution in [1.82, 2.24) is 4.90 Å². The van der Waals surface area contributed by atoms with Crippen molar-refractivity contribution >= 4 is 5.91 Å². The maximum absolute atomic E-state index is 11.0. The number of amides is 1. The summed E-state index contributed by atoms with van der Waals surface area (Å²) in [6.45, 7) is 2.48. The van der Waals surface area contributed by atoms with Gasteiger partial charge in [0.15, 0.2) is 6.07 Å². The Hall–Kier alpha value is -1.82. The minimum atomic E-state index is -0.508. The second-order valence-corrected chi connectivity index (χ2v) is 3.26. The monoisotopic (exact) mass is 188 g/mol. The number of nitriles is 1. The van der Waals surface area contributed by atoms with Crippen LogP contribution in [-0.4, -0.2) is 17.9 Å². The summed E-state index contributed by atoms with van der Waals surface area (Å²) in [6, 6.07) is 9.46. The van der Waals surface area contributed by atoms with Gasteiger partial charge in [-0.05, 0) is 12.5 Å². The molecular weight excluding hydrogens is 176 g/mol. The van der Waals surface area contributed by atoms with Gasteiger partial charge in [0.25, 0.3) is 0 Å². The van der Waals surface area contributed by atoms with E-state index in [1.165, 1.54) is 4.90 Å². The first-order chi connectivity index (χ1) is 6.63. The Bertz CT molecular complexity index is 379. The summed E-state index contributed by atoms with van der Waals surface area (Å²) in [5, 5.41) is 8.40. The van der Waals surface area contributed by atoms with E-state index in [-0.39, 0.29) is 0 Å². The van der Waals surface area contributed by atoms with E-state index in [2.05, 4.69) is 0 Å². The Balaban J connectivity index is 2.70. The van der Waals surface area contributed by atoms with Crippen LogP contribution in [0.25, 0.3) is 0 Å². The zero-order chi connectivity index (χ0) is 10.6. The third-order valence-electron chi connectivity index (χ3n) is 1.94. The summed E-state index contributed by atoms with van der Waals surface area (Å²) >= 11 is 0. The van der Waals surface area contributed by atoms with Gasteiger partial charge in [-0.25, -0.2) is 0 Å². The zero-order valence-electron chi connectivity index (χ0n) is 8.32. The van der Waals surface area contributed by atoms with Crippen molar-refractivity contribution in [3.05, 3.63) is 35.4 Å². The topological polar surface area (TPSA) is 44.1 Å². The average Bonchev–Trinajstić information content (AvgIpc) is 2.16. The van der Waals surface area contributed by atoms with Gasteiger partial charge in [-0.3, -0.25) is 4.79 Å². The van der Waals surface area contributed by atoms with Crippen LogP contribution in [0.5, 0.6) is 0 Å². The molecule has 0 aliphatic rings. The molecule has 0 unspecified atom stereocenters. The maximum Gasteiger partial charge on any atom is 0.325 e. The quantitative estimate of drug-likeness (QED) is 0.660. The molecule has 1 rings (SSSR count). The second kappa shape index (κ2) is 4.43. The first-order valence-corrected chi connectivity index (χ1v) is 4.34. The SMILES string of the molecule is Cc1cccc(CN(C)C(=O)C#N)c1. The van der Waals surface area contributed by atoms with Crippen molar-refractivity contribution < 1.29 is 4.79 Å². The van der Waals surface area contributed by atoms with Gasteiger partial charge in [-0.1, -0.05) is 29.8 Å². The molecule has 3 heteroatoms. The molecule has 0 aliphatic carbocycles. The fraction of sp³-hybridized carbons (Fsp3) is 0.273. The van der Waals surface area contributed by atoms with E-state index in [4.69, 9.17) is 5.26 Å². The minimum Gasteiger partial charge on any atom is -0.329 e. The van der Waals surface area contributed by atoms with Crippen molar-refractivity contribution in [3.8, 4) is 6.07 Å². The number of carbonyl (C=O) groups excluding carboxylic acids is 1. The molecule has 0 radical (unpaired) electrons. The fourth-order valence-corrected chi connectivity index (χ4v) is 1.24. The Morgan fingerprint density at radius 1 is 1.57 bits per heavy atom. The molecule has 0 fully saturated rings. The van der Waals surface area contributed by atoms with Gasteiger partial charge >= 0.3 is 5.91 Å². The summed E-state index contributed by atoms with van der Waals surface area (Å²) in [4.78, 5) is 12.4. The van der Waals surface area contributed by atoms with Gasteiger partial charge in [0.05, 0.1) is 0 Å². The highest BCUT2D eigenvalue weighted by molar-refractivity contribution is 5.90. The van der Waals surface area contributed by atoms with Crippen LogP contribution in [0.4, 0.5) is 0 Å². The van der Waals surface area contributed by atoms with E-state index in [0.717, 1.165) is 11.1 Å². The molecule has 1 amide bonds. The van der Waals surface area contributed by atoms with E-state index < -0.39 is 5.91 Å². The normalized spacial score (nSPS) is 9.21. The zero-order valence-corrected chi connectivity index (χ0v) is 8.32. The summed E-state index contributed by atoms with van der Waals surface area (Å²) in [5.41, 5.74) is 2.19. The molecule has 0 bridgehead atoms. The average molecular weight is 188 g/mol. The lowest BCUT2D eigenvalue weighted by atomic mass is 10.1. The van der Waals surface area contributed by atoms with Crippen LogP contribution in [-0.2, 0) is 11.3 Å². The lowest BCUT2D eigenvalue weighted by Gasteiger charge is -2.13. The highest BCUT2D eigenvalue weighted by Gasteiger charge is 2.06. The Kier molecular flexibility index (Phi) is 3.24. The fourth-order valence-electron chi connectivity index (χ4n) is 1.24. The van der Waals surface area contributed by atoms with Gasteiger partial charge in [0.2, 0.25) is 0 Å². The number of benzene rings is 1. The molecule has 0 aliphatic heterocycles. The number of rotatable bonds is 2. The van der Waals surface area contributed by atoms with Crippen molar-refractivity contribution in [1.29, 1.82) is 5.26 Å². The van der Waals surface area contributed by atoms with E-state index >= 15 is 0 Å². The molecule has 1 aromatic carbocycles. The number of carbonyl (C=O) groups is 1. The van der Waals surface area contributed by atoms with Crippen molar-refractivity contribution in [2.24, 2.45) is 0 Å². The van der Waals surface area contributed by atoms with Crippen LogP contribution in [0.15, 0.2) is 24.3 Å². The van der Waals surface area contributed by atoms with Crippen LogP contribution in [0, 0.1) is 18.3 Å². The van der Waals surface area contributed by atoms with Gasteiger partial charge in [-0.15, -0.1) is 0 Å². The predicted octanol–water partition coefficient (Wildman–Crippen LogP) is 1.48. The molecule has 0 spiro atoms. The number of hydrogen-bond donors (Lipinski definition) is 0. The molecule has 14 heavy (non-hydrogen) atoms. The lowest BCUT2D eigenvalue weighted by molar-refractivity contribution is -0.124. The molecule has 0 N–H and O–H groups in total. The number of nitrogens with zero attached hydrogens (tertiary/aromatic N) is 2. The van der Waals surface area contributed by atoms with E-state index in [1.807, 2.05) is 31.2 Å². The van der Waals surface area contributed by atoms with Crippen molar-refractivity contribution in [3.63, 3.8) is 0 Å². The van der Waals surface area contributed by atoms with E-state index in [1.54, 1.807) is 13.1 Å². The minimum absolute atomic E-state index is 0.480. The van der Waals surface area contributed by atoms with Crippen LogP contribution in [0.3, 0.4) is 0 Å². The van der Waals surface area contributed by atoms with Crippen LogP contribution in [0.2, 0.25) is 0 Å².